The number of carbonyl (C=O) groups excluding carboxylic acids is 1. The summed E-state index contributed by atoms with van der Waals surface area (Å²) in [6, 6.07) is 7.90. The third-order valence-corrected chi connectivity index (χ3v) is 3.50. The van der Waals surface area contributed by atoms with Crippen LogP contribution >= 0.6 is 0 Å². The molecule has 2 nitrogen and oxygen atoms in total. The molecule has 0 N–H and O–H groups in total. The van der Waals surface area contributed by atoms with Crippen LogP contribution in [0.4, 0.5) is 5.69 Å². The Balaban J connectivity index is 2.64. The number of nitrogens with zero attached hydrogens (tertiary/aromatic N) is 1. The Labute approximate surface area is 96.3 Å². The molecule has 0 aliphatic carbocycles. The minimum Gasteiger partial charge on any atom is -0.314 e. The predicted molar refractivity (Wildman–Crippen MR) is 65.3 cm³/mol. The summed E-state index contributed by atoms with van der Waals surface area (Å²) in [5, 5.41) is 0. The molecule has 0 saturated carbocycles. The minimum absolute atomic E-state index is 0.120. The summed E-state index contributed by atoms with van der Waals surface area (Å²) in [6.07, 6.45) is 6.64. The number of benzene rings is 1. The molecular formula is C14H15NO. The monoisotopic (exact) mass is 213 g/mol. The first kappa shape index (κ1) is 10.8. The highest BCUT2D eigenvalue weighted by Gasteiger charge is 2.47. The predicted octanol–water partition coefficient (Wildman–Crippen LogP) is 2.33. The number of likely N-dealkylation sites (N-methyl/N-ethyl adjacent to an activating group) is 1. The molecule has 2 rings (SSSR count). The minimum atomic E-state index is -0.500. The van der Waals surface area contributed by atoms with Gasteiger partial charge >= 0.3 is 0 Å². The second kappa shape index (κ2) is 3.68. The summed E-state index contributed by atoms with van der Waals surface area (Å²) in [4.78, 5) is 14.1. The van der Waals surface area contributed by atoms with E-state index in [2.05, 4.69) is 5.92 Å². The smallest absolute Gasteiger partial charge is 0.238 e. The van der Waals surface area contributed by atoms with Crippen molar-refractivity contribution in [3.05, 3.63) is 29.8 Å². The average Bonchev–Trinajstić information content (AvgIpc) is 2.53. The van der Waals surface area contributed by atoms with Crippen LogP contribution in [0.15, 0.2) is 24.3 Å². The molecule has 0 fully saturated rings. The first-order chi connectivity index (χ1) is 7.67. The zero-order chi connectivity index (χ0) is 11.8. The fourth-order valence-electron chi connectivity index (χ4n) is 2.53. The first-order valence-corrected chi connectivity index (χ1v) is 5.48. The normalized spacial score (nSPS) is 23.1. The van der Waals surface area contributed by atoms with Crippen molar-refractivity contribution in [1.29, 1.82) is 0 Å². The number of hydrogen-bond donors (Lipinski definition) is 0. The third kappa shape index (κ3) is 1.18. The molecule has 1 unspecified atom stereocenters. The van der Waals surface area contributed by atoms with Crippen LogP contribution in [0.5, 0.6) is 0 Å². The molecule has 1 amide bonds. The molecule has 1 aromatic carbocycles. The number of anilines is 1. The van der Waals surface area contributed by atoms with Gasteiger partial charge in [-0.15, -0.1) is 12.3 Å². The van der Waals surface area contributed by atoms with Crippen LogP contribution in [0, 0.1) is 12.3 Å². The Morgan fingerprint density at radius 3 is 2.75 bits per heavy atom. The van der Waals surface area contributed by atoms with Crippen molar-refractivity contribution in [1.82, 2.24) is 0 Å². The van der Waals surface area contributed by atoms with E-state index in [-0.39, 0.29) is 5.91 Å². The molecule has 2 heteroatoms. The number of para-hydroxylation sites is 1. The van der Waals surface area contributed by atoms with Gasteiger partial charge in [-0.05, 0) is 18.1 Å². The Bertz CT molecular complexity index is 472. The van der Waals surface area contributed by atoms with Gasteiger partial charge in [0.1, 0.15) is 0 Å². The van der Waals surface area contributed by atoms with Crippen LogP contribution in [0.3, 0.4) is 0 Å². The molecule has 16 heavy (non-hydrogen) atoms. The highest BCUT2D eigenvalue weighted by Crippen LogP contribution is 2.45. The Morgan fingerprint density at radius 2 is 2.12 bits per heavy atom. The maximum atomic E-state index is 12.3. The van der Waals surface area contributed by atoms with Gasteiger partial charge in [-0.1, -0.05) is 25.1 Å². The summed E-state index contributed by atoms with van der Waals surface area (Å²) < 4.78 is 0. The van der Waals surface area contributed by atoms with Crippen LogP contribution in [0.25, 0.3) is 0 Å². The van der Waals surface area contributed by atoms with Gasteiger partial charge in [0, 0.05) is 19.2 Å². The number of rotatable bonds is 2. The molecule has 82 valence electrons. The van der Waals surface area contributed by atoms with Gasteiger partial charge in [0.2, 0.25) is 5.91 Å². The number of fused-ring (bicyclic) bond motifs is 1. The number of hydrogen-bond acceptors (Lipinski definition) is 1. The van der Waals surface area contributed by atoms with Gasteiger partial charge in [-0.25, -0.2) is 0 Å². The molecule has 0 radical (unpaired) electrons. The molecule has 1 heterocycles. The van der Waals surface area contributed by atoms with Gasteiger partial charge in [-0.2, -0.15) is 0 Å². The van der Waals surface area contributed by atoms with Gasteiger partial charge < -0.3 is 4.90 Å². The molecule has 0 aromatic heterocycles. The Hall–Kier alpha value is -1.75. The fraction of sp³-hybridized carbons (Fsp3) is 0.357. The van der Waals surface area contributed by atoms with Crippen LogP contribution in [-0.4, -0.2) is 13.0 Å². The second-order valence-corrected chi connectivity index (χ2v) is 4.20. The number of amides is 1. The highest BCUT2D eigenvalue weighted by molar-refractivity contribution is 6.07. The Kier molecular flexibility index (Phi) is 2.47. The summed E-state index contributed by atoms with van der Waals surface area (Å²) >= 11 is 0. The van der Waals surface area contributed by atoms with Gasteiger partial charge in [0.05, 0.1) is 5.41 Å². The van der Waals surface area contributed by atoms with Crippen molar-refractivity contribution in [2.24, 2.45) is 0 Å². The van der Waals surface area contributed by atoms with Crippen LogP contribution in [0.1, 0.15) is 25.3 Å². The van der Waals surface area contributed by atoms with E-state index in [0.29, 0.717) is 6.42 Å². The van der Waals surface area contributed by atoms with Crippen molar-refractivity contribution >= 4 is 11.6 Å². The largest absolute Gasteiger partial charge is 0.314 e. The maximum absolute atomic E-state index is 12.3. The lowest BCUT2D eigenvalue weighted by molar-refractivity contribution is -0.122. The van der Waals surface area contributed by atoms with E-state index in [1.165, 1.54) is 0 Å². The topological polar surface area (TPSA) is 20.3 Å². The zero-order valence-corrected chi connectivity index (χ0v) is 9.66. The van der Waals surface area contributed by atoms with Gasteiger partial charge in [0.25, 0.3) is 0 Å². The van der Waals surface area contributed by atoms with Crippen molar-refractivity contribution in [3.63, 3.8) is 0 Å². The molecule has 1 aromatic rings. The SMILES string of the molecule is C#CCC1(CC)C(=O)N(C)c2ccccc21. The van der Waals surface area contributed by atoms with Crippen LogP contribution in [-0.2, 0) is 10.2 Å². The van der Waals surface area contributed by atoms with Crippen LogP contribution in [0.2, 0.25) is 0 Å². The van der Waals surface area contributed by atoms with Gasteiger partial charge in [0.15, 0.2) is 0 Å². The quantitative estimate of drug-likeness (QED) is 0.690. The lowest BCUT2D eigenvalue weighted by Gasteiger charge is -2.24. The summed E-state index contributed by atoms with van der Waals surface area (Å²) in [7, 11) is 1.81. The molecule has 0 spiro atoms. The molecule has 0 bridgehead atoms. The van der Waals surface area contributed by atoms with E-state index in [1.807, 2.05) is 38.2 Å². The average molecular weight is 213 g/mol. The maximum Gasteiger partial charge on any atom is 0.238 e. The van der Waals surface area contributed by atoms with E-state index in [0.717, 1.165) is 17.7 Å². The summed E-state index contributed by atoms with van der Waals surface area (Å²) in [5.74, 6) is 2.77. The van der Waals surface area contributed by atoms with E-state index in [9.17, 15) is 4.79 Å². The van der Waals surface area contributed by atoms with E-state index in [1.54, 1.807) is 4.90 Å². The molecular weight excluding hydrogens is 198 g/mol. The zero-order valence-electron chi connectivity index (χ0n) is 9.66. The van der Waals surface area contributed by atoms with E-state index in [4.69, 9.17) is 6.42 Å². The first-order valence-electron chi connectivity index (χ1n) is 5.48. The van der Waals surface area contributed by atoms with E-state index >= 15 is 0 Å². The van der Waals surface area contributed by atoms with Crippen LogP contribution < -0.4 is 4.90 Å². The number of carbonyl (C=O) groups is 1. The number of terminal acetylenes is 1. The van der Waals surface area contributed by atoms with Crippen molar-refractivity contribution in [2.75, 3.05) is 11.9 Å². The van der Waals surface area contributed by atoms with Crippen molar-refractivity contribution in [3.8, 4) is 12.3 Å². The molecule has 1 aliphatic rings. The fourth-order valence-corrected chi connectivity index (χ4v) is 2.53. The lowest BCUT2D eigenvalue weighted by Crippen LogP contribution is -2.37. The summed E-state index contributed by atoms with van der Waals surface area (Å²) in [6.45, 7) is 2.02. The van der Waals surface area contributed by atoms with E-state index < -0.39 is 5.41 Å². The highest BCUT2D eigenvalue weighted by atomic mass is 16.2. The third-order valence-electron chi connectivity index (χ3n) is 3.50. The van der Waals surface area contributed by atoms with Gasteiger partial charge in [-0.3, -0.25) is 4.79 Å². The molecule has 1 aliphatic heterocycles. The second-order valence-electron chi connectivity index (χ2n) is 4.20. The summed E-state index contributed by atoms with van der Waals surface area (Å²) in [5.41, 5.74) is 1.56. The standard InChI is InChI=1S/C14H15NO/c1-4-10-14(5-2)11-8-6-7-9-12(11)15(3)13(14)16/h1,6-9H,5,10H2,2-3H3. The Morgan fingerprint density at radius 1 is 1.44 bits per heavy atom. The molecule has 1 atom stereocenters. The lowest BCUT2D eigenvalue weighted by atomic mass is 9.76. The molecule has 0 saturated heterocycles. The van der Waals surface area contributed by atoms with Crippen molar-refractivity contribution in [2.45, 2.75) is 25.2 Å². The van der Waals surface area contributed by atoms with Crippen molar-refractivity contribution < 1.29 is 4.79 Å².